The third-order valence-electron chi connectivity index (χ3n) is 9.95. The van der Waals surface area contributed by atoms with Gasteiger partial charge in [0.25, 0.3) is 0 Å². The molecule has 1 fully saturated rings. The summed E-state index contributed by atoms with van der Waals surface area (Å²) in [5.41, 5.74) is 0. The van der Waals surface area contributed by atoms with Crippen LogP contribution in [0.15, 0.2) is 0 Å². The van der Waals surface area contributed by atoms with Gasteiger partial charge in [0.2, 0.25) is 0 Å². The van der Waals surface area contributed by atoms with E-state index in [1.165, 1.54) is 218 Å². The average Bonchev–Trinajstić information content (AvgIpc) is 3.80. The van der Waals surface area contributed by atoms with Crippen LogP contribution >= 0.6 is 11.6 Å². The molecule has 0 aliphatic carbocycles. The van der Waals surface area contributed by atoms with Gasteiger partial charge in [0.1, 0.15) is 0 Å². The van der Waals surface area contributed by atoms with E-state index in [1.54, 1.807) is 0 Å². The minimum Gasteiger partial charge on any atom is -0.373 e. The zero-order valence-corrected chi connectivity index (χ0v) is 30.1. The normalized spacial score (nSPS) is 15.1. The van der Waals surface area contributed by atoms with Crippen molar-refractivity contribution in [3.8, 4) is 0 Å². The van der Waals surface area contributed by atoms with Crippen molar-refractivity contribution in [1.29, 1.82) is 0 Å². The van der Waals surface area contributed by atoms with Crippen LogP contribution in [0.4, 0.5) is 0 Å². The lowest BCUT2D eigenvalue weighted by Gasteiger charge is -2.26. The SMILES string of the molecule is CCCCCCCCCCCCCCCCCCC(Cl)(CCCCCCCCCCCCCCCCCC)CC1CO1. The van der Waals surface area contributed by atoms with Gasteiger partial charge >= 0.3 is 0 Å². The smallest absolute Gasteiger partial charge is 0.0826 e. The summed E-state index contributed by atoms with van der Waals surface area (Å²) in [5, 5.41) is 0. The minimum atomic E-state index is 0.00711. The van der Waals surface area contributed by atoms with Gasteiger partial charge in [-0.05, 0) is 19.3 Å². The molecule has 0 amide bonds. The van der Waals surface area contributed by atoms with Crippen molar-refractivity contribution in [2.45, 2.75) is 250 Å². The molecule has 1 nitrogen and oxygen atoms in total. The second-order valence-electron chi connectivity index (χ2n) is 14.4. The van der Waals surface area contributed by atoms with Gasteiger partial charge in [0, 0.05) is 4.87 Å². The molecule has 1 rings (SSSR count). The third kappa shape index (κ3) is 29.0. The van der Waals surface area contributed by atoms with E-state index in [0.29, 0.717) is 6.10 Å². The van der Waals surface area contributed by atoms with Crippen LogP contribution in [0.1, 0.15) is 239 Å². The third-order valence-corrected chi connectivity index (χ3v) is 10.5. The van der Waals surface area contributed by atoms with Gasteiger partial charge in [-0.3, -0.25) is 0 Å². The van der Waals surface area contributed by atoms with Crippen LogP contribution in [0, 0.1) is 0 Å². The molecule has 1 saturated heterocycles. The van der Waals surface area contributed by atoms with E-state index in [4.69, 9.17) is 16.3 Å². The van der Waals surface area contributed by atoms with Crippen molar-refractivity contribution in [3.05, 3.63) is 0 Å². The lowest BCUT2D eigenvalue weighted by Crippen LogP contribution is -2.24. The minimum absolute atomic E-state index is 0.00711. The molecule has 1 unspecified atom stereocenters. The topological polar surface area (TPSA) is 12.5 Å². The summed E-state index contributed by atoms with van der Waals surface area (Å²) >= 11 is 7.22. The summed E-state index contributed by atoms with van der Waals surface area (Å²) in [6, 6.07) is 0. The number of hydrogen-bond donors (Lipinski definition) is 0. The maximum Gasteiger partial charge on any atom is 0.0826 e. The molecule has 1 aliphatic heterocycles. The summed E-state index contributed by atoms with van der Waals surface area (Å²) in [7, 11) is 0. The van der Waals surface area contributed by atoms with Crippen molar-refractivity contribution in [2.24, 2.45) is 0 Å². The Labute approximate surface area is 271 Å². The first-order valence-corrected chi connectivity index (χ1v) is 20.4. The highest BCUT2D eigenvalue weighted by Crippen LogP contribution is 2.37. The Kier molecular flexibility index (Phi) is 30.0. The van der Waals surface area contributed by atoms with Gasteiger partial charge in [-0.15, -0.1) is 11.6 Å². The molecule has 42 heavy (non-hydrogen) atoms. The Morgan fingerprint density at radius 3 is 0.833 bits per heavy atom. The fraction of sp³-hybridized carbons (Fsp3) is 1.00. The Morgan fingerprint density at radius 1 is 0.405 bits per heavy atom. The number of unbranched alkanes of at least 4 members (excludes halogenated alkanes) is 30. The van der Waals surface area contributed by atoms with E-state index in [0.717, 1.165) is 13.0 Å². The van der Waals surface area contributed by atoms with Crippen molar-refractivity contribution in [2.75, 3.05) is 6.61 Å². The van der Waals surface area contributed by atoms with E-state index in [9.17, 15) is 0 Å². The number of rotatable bonds is 36. The molecule has 1 heterocycles. The molecular weight excluding hydrogens is 532 g/mol. The van der Waals surface area contributed by atoms with Gasteiger partial charge in [-0.2, -0.15) is 0 Å². The fourth-order valence-corrected chi connectivity index (χ4v) is 7.34. The number of alkyl halides is 1. The molecule has 0 aromatic heterocycles. The molecule has 0 N–H and O–H groups in total. The molecule has 0 aromatic rings. The summed E-state index contributed by atoms with van der Waals surface area (Å²) in [6.45, 7) is 5.56. The van der Waals surface area contributed by atoms with Crippen LogP contribution in [0.5, 0.6) is 0 Å². The van der Waals surface area contributed by atoms with Crippen LogP contribution in [-0.4, -0.2) is 17.6 Å². The van der Waals surface area contributed by atoms with Crippen LogP contribution in [0.2, 0.25) is 0 Å². The molecule has 0 spiro atoms. The largest absolute Gasteiger partial charge is 0.373 e. The molecule has 0 radical (unpaired) electrons. The summed E-state index contributed by atoms with van der Waals surface area (Å²) in [6.07, 6.45) is 49.8. The number of ether oxygens (including phenoxy) is 1. The van der Waals surface area contributed by atoms with Gasteiger partial charge < -0.3 is 4.74 Å². The summed E-state index contributed by atoms with van der Waals surface area (Å²) < 4.78 is 5.59. The molecule has 2 heteroatoms. The number of halogens is 1. The van der Waals surface area contributed by atoms with Crippen LogP contribution < -0.4 is 0 Å². The maximum atomic E-state index is 7.22. The number of epoxide rings is 1. The van der Waals surface area contributed by atoms with E-state index >= 15 is 0 Å². The second kappa shape index (κ2) is 31.2. The first kappa shape index (κ1) is 40.3. The average molecular weight is 612 g/mol. The van der Waals surface area contributed by atoms with Gasteiger partial charge in [-0.1, -0.05) is 219 Å². The predicted molar refractivity (Wildman–Crippen MR) is 191 cm³/mol. The van der Waals surface area contributed by atoms with E-state index in [-0.39, 0.29) is 4.87 Å². The Hall–Kier alpha value is 0.250. The highest BCUT2D eigenvalue weighted by Gasteiger charge is 2.35. The standard InChI is InChI=1S/C40H79ClO/c1-3-5-7-9-11-13-15-17-19-21-23-25-27-29-31-33-35-40(41,37-39-38-42-39)36-34-32-30-28-26-24-22-20-18-16-14-12-10-8-6-4-2/h39H,3-38H2,1-2H3. The lowest BCUT2D eigenvalue weighted by atomic mass is 9.89. The zero-order chi connectivity index (χ0) is 30.2. The lowest BCUT2D eigenvalue weighted by molar-refractivity contribution is 0.335. The molecule has 252 valence electrons. The monoisotopic (exact) mass is 611 g/mol. The van der Waals surface area contributed by atoms with Crippen LogP contribution in [0.25, 0.3) is 0 Å². The molecule has 0 aromatic carbocycles. The fourth-order valence-electron chi connectivity index (χ4n) is 6.90. The van der Waals surface area contributed by atoms with E-state index in [2.05, 4.69) is 13.8 Å². The van der Waals surface area contributed by atoms with Crippen LogP contribution in [-0.2, 0) is 4.74 Å². The molecule has 0 saturated carbocycles. The highest BCUT2D eigenvalue weighted by molar-refractivity contribution is 6.23. The number of hydrogen-bond acceptors (Lipinski definition) is 1. The zero-order valence-electron chi connectivity index (χ0n) is 29.3. The van der Waals surface area contributed by atoms with Crippen LogP contribution in [0.3, 0.4) is 0 Å². The quantitative estimate of drug-likeness (QED) is 0.0390. The molecule has 1 atom stereocenters. The van der Waals surface area contributed by atoms with Crippen molar-refractivity contribution >= 4 is 11.6 Å². The second-order valence-corrected chi connectivity index (χ2v) is 15.2. The molecule has 1 aliphatic rings. The molecule has 0 bridgehead atoms. The maximum absolute atomic E-state index is 7.22. The first-order valence-electron chi connectivity index (χ1n) is 20.0. The summed E-state index contributed by atoms with van der Waals surface area (Å²) in [4.78, 5) is 0.00711. The van der Waals surface area contributed by atoms with Gasteiger partial charge in [0.05, 0.1) is 12.7 Å². The Bertz CT molecular complexity index is 480. The van der Waals surface area contributed by atoms with Crippen molar-refractivity contribution in [1.82, 2.24) is 0 Å². The Balaban J connectivity index is 1.89. The highest BCUT2D eigenvalue weighted by atomic mass is 35.5. The van der Waals surface area contributed by atoms with Crippen molar-refractivity contribution in [3.63, 3.8) is 0 Å². The Morgan fingerprint density at radius 2 is 0.619 bits per heavy atom. The first-order chi connectivity index (χ1) is 20.7. The predicted octanol–water partition coefficient (Wildman–Crippen LogP) is 15.1. The summed E-state index contributed by atoms with van der Waals surface area (Å²) in [5.74, 6) is 0. The van der Waals surface area contributed by atoms with E-state index < -0.39 is 0 Å². The van der Waals surface area contributed by atoms with Crippen molar-refractivity contribution < 1.29 is 4.74 Å². The van der Waals surface area contributed by atoms with Gasteiger partial charge in [-0.25, -0.2) is 0 Å². The van der Waals surface area contributed by atoms with E-state index in [1.807, 2.05) is 0 Å². The molecular formula is C40H79ClO. The van der Waals surface area contributed by atoms with Gasteiger partial charge in [0.15, 0.2) is 0 Å².